The minimum absolute atomic E-state index is 0.289. The van der Waals surface area contributed by atoms with Crippen molar-refractivity contribution >= 4 is 34.8 Å². The summed E-state index contributed by atoms with van der Waals surface area (Å²) in [5.41, 5.74) is 2.30. The van der Waals surface area contributed by atoms with E-state index >= 15 is 0 Å². The van der Waals surface area contributed by atoms with Crippen LogP contribution in [0.25, 0.3) is 0 Å². The van der Waals surface area contributed by atoms with Gasteiger partial charge in [-0.25, -0.2) is 0 Å². The van der Waals surface area contributed by atoms with Gasteiger partial charge in [0.15, 0.2) is 0 Å². The molecule has 0 spiro atoms. The maximum atomic E-state index is 5.24. The van der Waals surface area contributed by atoms with Gasteiger partial charge in [0.05, 0.1) is 0 Å². The lowest BCUT2D eigenvalue weighted by Crippen LogP contribution is -2.05. The molecular formula is C2HCl3NO. The van der Waals surface area contributed by atoms with Crippen molar-refractivity contribution in [2.75, 3.05) is 0 Å². The van der Waals surface area contributed by atoms with E-state index < -0.39 is 3.79 Å². The lowest BCUT2D eigenvalue weighted by Gasteiger charge is -1.99. The summed E-state index contributed by atoms with van der Waals surface area (Å²) in [5, 5.41) is 0. The largest absolute Gasteiger partial charge is 0.265 e. The molecule has 1 rings (SSSR count). The highest BCUT2D eigenvalue weighted by molar-refractivity contribution is 6.69. The highest BCUT2D eigenvalue weighted by Crippen LogP contribution is 2.40. The molecule has 0 amide bonds. The second-order valence-electron chi connectivity index (χ2n) is 1.03. The Balaban J connectivity index is 2.36. The van der Waals surface area contributed by atoms with Crippen LogP contribution in [-0.2, 0) is 4.84 Å². The van der Waals surface area contributed by atoms with Crippen molar-refractivity contribution < 1.29 is 4.84 Å². The molecule has 0 aromatic carbocycles. The van der Waals surface area contributed by atoms with Gasteiger partial charge in [0.1, 0.15) is 0 Å². The van der Waals surface area contributed by atoms with Gasteiger partial charge < -0.3 is 0 Å². The van der Waals surface area contributed by atoms with Crippen LogP contribution >= 0.6 is 34.8 Å². The first kappa shape index (κ1) is 5.92. The SMILES string of the molecule is ClC(Cl)(Cl)[C]1NO1. The van der Waals surface area contributed by atoms with E-state index in [1.807, 2.05) is 0 Å². The average Bonchev–Trinajstić information content (AvgIpc) is 1.99. The Morgan fingerprint density at radius 2 is 1.86 bits per heavy atom. The van der Waals surface area contributed by atoms with Crippen molar-refractivity contribution in [2.45, 2.75) is 3.79 Å². The van der Waals surface area contributed by atoms with Crippen LogP contribution in [0.2, 0.25) is 0 Å². The van der Waals surface area contributed by atoms with E-state index in [4.69, 9.17) is 34.8 Å². The molecule has 0 aromatic heterocycles. The summed E-state index contributed by atoms with van der Waals surface area (Å²) in [7, 11) is 0. The van der Waals surface area contributed by atoms with Gasteiger partial charge >= 0.3 is 0 Å². The molecule has 1 heterocycles. The van der Waals surface area contributed by atoms with E-state index in [9.17, 15) is 0 Å². The van der Waals surface area contributed by atoms with Gasteiger partial charge in [0, 0.05) is 0 Å². The van der Waals surface area contributed by atoms with Gasteiger partial charge in [0.25, 0.3) is 6.23 Å². The monoisotopic (exact) mass is 160 g/mol. The summed E-state index contributed by atoms with van der Waals surface area (Å²) in [6, 6.07) is 0. The Hall–Kier alpha value is 0.790. The molecule has 0 saturated carbocycles. The Morgan fingerprint density at radius 1 is 1.43 bits per heavy atom. The van der Waals surface area contributed by atoms with E-state index in [0.717, 1.165) is 0 Å². The van der Waals surface area contributed by atoms with Crippen LogP contribution in [0, 0.1) is 6.23 Å². The normalized spacial score (nSPS) is 22.7. The zero-order chi connectivity index (χ0) is 5.49. The average molecular weight is 161 g/mol. The minimum Gasteiger partial charge on any atom is -0.265 e. The molecule has 1 saturated heterocycles. The van der Waals surface area contributed by atoms with E-state index in [-0.39, 0.29) is 6.23 Å². The number of halogens is 3. The molecule has 7 heavy (non-hydrogen) atoms. The third-order valence-electron chi connectivity index (χ3n) is 0.462. The van der Waals surface area contributed by atoms with Crippen molar-refractivity contribution in [3.8, 4) is 0 Å². The fraction of sp³-hybridized carbons (Fsp3) is 0.500. The van der Waals surface area contributed by atoms with E-state index in [2.05, 4.69) is 10.3 Å². The van der Waals surface area contributed by atoms with E-state index in [1.54, 1.807) is 0 Å². The van der Waals surface area contributed by atoms with Gasteiger partial charge in [-0.15, -0.1) is 0 Å². The Bertz CT molecular complexity index is 75.5. The molecule has 0 aliphatic carbocycles. The molecule has 0 bridgehead atoms. The van der Waals surface area contributed by atoms with Crippen LogP contribution in [0.5, 0.6) is 0 Å². The first-order chi connectivity index (χ1) is 3.11. The first-order valence-corrected chi connectivity index (χ1v) is 2.61. The molecule has 5 heteroatoms. The van der Waals surface area contributed by atoms with Crippen LogP contribution in [0.1, 0.15) is 0 Å². The maximum Gasteiger partial charge on any atom is 0.259 e. The van der Waals surface area contributed by atoms with Crippen LogP contribution in [0.15, 0.2) is 0 Å². The molecule has 0 atom stereocenters. The predicted molar refractivity (Wildman–Crippen MR) is 27.8 cm³/mol. The Morgan fingerprint density at radius 3 is 1.86 bits per heavy atom. The molecular weight excluding hydrogens is 160 g/mol. The van der Waals surface area contributed by atoms with Gasteiger partial charge in [-0.3, -0.25) is 4.84 Å². The third kappa shape index (κ3) is 1.63. The van der Waals surface area contributed by atoms with Gasteiger partial charge in [-0.2, -0.15) is 5.48 Å². The zero-order valence-electron chi connectivity index (χ0n) is 3.04. The van der Waals surface area contributed by atoms with Crippen molar-refractivity contribution in [1.29, 1.82) is 0 Å². The fourth-order valence-corrected chi connectivity index (χ4v) is 0.373. The van der Waals surface area contributed by atoms with Crippen molar-refractivity contribution in [3.05, 3.63) is 6.23 Å². The zero-order valence-corrected chi connectivity index (χ0v) is 5.31. The predicted octanol–water partition coefficient (Wildman–Crippen LogP) is 1.38. The standard InChI is InChI=1S/C2HCl3NO/c3-2(4,5)1-6-7-1/h6H. The summed E-state index contributed by atoms with van der Waals surface area (Å²) in [4.78, 5) is 4.34. The van der Waals surface area contributed by atoms with E-state index in [0.29, 0.717) is 0 Å². The lowest BCUT2D eigenvalue weighted by molar-refractivity contribution is 0.408. The molecule has 0 unspecified atom stereocenters. The van der Waals surface area contributed by atoms with Crippen molar-refractivity contribution in [2.24, 2.45) is 0 Å². The van der Waals surface area contributed by atoms with Crippen LogP contribution in [0.4, 0.5) is 0 Å². The topological polar surface area (TPSA) is 34.5 Å². The molecule has 2 nitrogen and oxygen atoms in total. The van der Waals surface area contributed by atoms with Crippen LogP contribution < -0.4 is 5.48 Å². The Labute approximate surface area is 55.6 Å². The summed E-state index contributed by atoms with van der Waals surface area (Å²) in [5.74, 6) is 0. The summed E-state index contributed by atoms with van der Waals surface area (Å²) >= 11 is 15.7. The minimum atomic E-state index is -1.39. The molecule has 41 valence electrons. The molecule has 1 radical (unpaired) electrons. The molecule has 1 N–H and O–H groups in total. The quantitative estimate of drug-likeness (QED) is 0.430. The van der Waals surface area contributed by atoms with Crippen molar-refractivity contribution in [1.82, 2.24) is 5.48 Å². The van der Waals surface area contributed by atoms with Crippen molar-refractivity contribution in [3.63, 3.8) is 0 Å². The molecule has 1 aliphatic rings. The number of nitrogens with one attached hydrogen (secondary N) is 1. The number of hydrogen-bond acceptors (Lipinski definition) is 2. The van der Waals surface area contributed by atoms with Gasteiger partial charge in [-0.1, -0.05) is 34.8 Å². The summed E-state index contributed by atoms with van der Waals surface area (Å²) in [6.07, 6.45) is 0.289. The molecule has 0 aromatic rings. The number of rotatable bonds is 0. The van der Waals surface area contributed by atoms with Crippen LogP contribution in [-0.4, -0.2) is 3.79 Å². The second kappa shape index (κ2) is 1.64. The highest BCUT2D eigenvalue weighted by atomic mass is 35.6. The molecule has 1 aliphatic heterocycles. The van der Waals surface area contributed by atoms with Gasteiger partial charge in [0.2, 0.25) is 3.79 Å². The summed E-state index contributed by atoms with van der Waals surface area (Å²) < 4.78 is -1.39. The fourth-order valence-electron chi connectivity index (χ4n) is 0.141. The first-order valence-electron chi connectivity index (χ1n) is 1.48. The highest BCUT2D eigenvalue weighted by Gasteiger charge is 2.45. The maximum absolute atomic E-state index is 5.24. The Kier molecular flexibility index (Phi) is 1.38. The van der Waals surface area contributed by atoms with Crippen LogP contribution in [0.3, 0.4) is 0 Å². The smallest absolute Gasteiger partial charge is 0.259 e. The molecule has 1 fully saturated rings. The third-order valence-corrected chi connectivity index (χ3v) is 0.977. The number of alkyl halides is 3. The number of hydroxylamine groups is 1. The number of hydrogen-bond donors (Lipinski definition) is 1. The van der Waals surface area contributed by atoms with E-state index in [1.165, 1.54) is 0 Å². The van der Waals surface area contributed by atoms with Gasteiger partial charge in [-0.05, 0) is 0 Å². The lowest BCUT2D eigenvalue weighted by atomic mass is 10.7. The second-order valence-corrected chi connectivity index (χ2v) is 3.31. The summed E-state index contributed by atoms with van der Waals surface area (Å²) in [6.45, 7) is 0.